The van der Waals surface area contributed by atoms with Crippen LogP contribution >= 0.6 is 0 Å². The van der Waals surface area contributed by atoms with Crippen molar-refractivity contribution in [1.29, 1.82) is 0 Å². The van der Waals surface area contributed by atoms with E-state index in [0.717, 1.165) is 16.9 Å². The highest BCUT2D eigenvalue weighted by Gasteiger charge is 2.34. The number of benzene rings is 2. The van der Waals surface area contributed by atoms with Crippen LogP contribution in [0.1, 0.15) is 45.7 Å². The highest BCUT2D eigenvalue weighted by molar-refractivity contribution is 6.15. The molecule has 2 aliphatic heterocycles. The van der Waals surface area contributed by atoms with Gasteiger partial charge in [0.25, 0.3) is 0 Å². The zero-order valence-corrected chi connectivity index (χ0v) is 16.0. The molecule has 0 radical (unpaired) electrons. The molecular formula is C22H21NO5. The molecule has 2 aliphatic rings. The molecule has 28 heavy (non-hydrogen) atoms. The van der Waals surface area contributed by atoms with Gasteiger partial charge in [0.2, 0.25) is 5.78 Å². The average Bonchev–Trinajstić information content (AvgIpc) is 3.03. The summed E-state index contributed by atoms with van der Waals surface area (Å²) < 4.78 is 16.5. The first-order valence-electron chi connectivity index (χ1n) is 9.13. The second-order valence-electron chi connectivity index (χ2n) is 7.09. The van der Waals surface area contributed by atoms with Crippen molar-refractivity contribution in [3.63, 3.8) is 0 Å². The number of nitrogens with zero attached hydrogens (tertiary/aromatic N) is 1. The molecule has 6 heteroatoms. The minimum absolute atomic E-state index is 0.156. The zero-order valence-electron chi connectivity index (χ0n) is 16.0. The molecule has 144 valence electrons. The summed E-state index contributed by atoms with van der Waals surface area (Å²) in [4.78, 5) is 26.5. The van der Waals surface area contributed by atoms with Gasteiger partial charge in [-0.15, -0.1) is 0 Å². The van der Waals surface area contributed by atoms with Crippen molar-refractivity contribution in [2.24, 2.45) is 0 Å². The van der Waals surface area contributed by atoms with E-state index in [-0.39, 0.29) is 11.5 Å². The standard InChI is InChI=1S/C22H21NO5/c1-13(2)23-11-17-18(27-12-23)9-8-16-20(24)19(28-21(16)17)10-14-4-6-15(7-5-14)22(25)26-3/h4-10,13H,11-12H2,1-3H3/b19-10-. The van der Waals surface area contributed by atoms with Crippen molar-refractivity contribution in [3.8, 4) is 11.5 Å². The van der Waals surface area contributed by atoms with Crippen LogP contribution in [0, 0.1) is 0 Å². The number of fused-ring (bicyclic) bond motifs is 3. The van der Waals surface area contributed by atoms with Crippen molar-refractivity contribution in [2.45, 2.75) is 26.4 Å². The third-order valence-corrected chi connectivity index (χ3v) is 5.00. The molecule has 0 spiro atoms. The summed E-state index contributed by atoms with van der Waals surface area (Å²) in [6.07, 6.45) is 1.68. The van der Waals surface area contributed by atoms with Gasteiger partial charge in [-0.05, 0) is 49.8 Å². The van der Waals surface area contributed by atoms with Crippen molar-refractivity contribution in [1.82, 2.24) is 4.90 Å². The van der Waals surface area contributed by atoms with Gasteiger partial charge >= 0.3 is 5.97 Å². The van der Waals surface area contributed by atoms with E-state index in [1.807, 2.05) is 6.07 Å². The Morgan fingerprint density at radius 2 is 1.93 bits per heavy atom. The van der Waals surface area contributed by atoms with Gasteiger partial charge in [0, 0.05) is 12.6 Å². The van der Waals surface area contributed by atoms with Gasteiger partial charge < -0.3 is 14.2 Å². The third kappa shape index (κ3) is 3.16. The predicted molar refractivity (Wildman–Crippen MR) is 103 cm³/mol. The van der Waals surface area contributed by atoms with E-state index in [2.05, 4.69) is 18.7 Å². The van der Waals surface area contributed by atoms with E-state index in [4.69, 9.17) is 14.2 Å². The summed E-state index contributed by atoms with van der Waals surface area (Å²) >= 11 is 0. The summed E-state index contributed by atoms with van der Waals surface area (Å²) in [6.45, 7) is 5.40. The maximum Gasteiger partial charge on any atom is 0.337 e. The van der Waals surface area contributed by atoms with E-state index in [1.165, 1.54) is 7.11 Å². The fourth-order valence-electron chi connectivity index (χ4n) is 3.29. The first-order valence-corrected chi connectivity index (χ1v) is 9.13. The fraction of sp³-hybridized carbons (Fsp3) is 0.273. The summed E-state index contributed by atoms with van der Waals surface area (Å²) in [5, 5.41) is 0. The topological polar surface area (TPSA) is 65.1 Å². The molecule has 0 aromatic heterocycles. The Morgan fingerprint density at radius 3 is 2.61 bits per heavy atom. The Bertz CT molecular complexity index is 975. The second kappa shape index (κ2) is 7.13. The lowest BCUT2D eigenvalue weighted by Crippen LogP contribution is -2.37. The molecule has 0 amide bonds. The van der Waals surface area contributed by atoms with Crippen LogP contribution in [0.3, 0.4) is 0 Å². The monoisotopic (exact) mass is 379 g/mol. The number of carbonyl (C=O) groups excluding carboxylic acids is 2. The fourth-order valence-corrected chi connectivity index (χ4v) is 3.29. The van der Waals surface area contributed by atoms with Crippen LogP contribution in [0.5, 0.6) is 11.5 Å². The largest absolute Gasteiger partial charge is 0.478 e. The van der Waals surface area contributed by atoms with E-state index < -0.39 is 5.97 Å². The van der Waals surface area contributed by atoms with E-state index in [1.54, 1.807) is 36.4 Å². The number of ketones is 1. The number of esters is 1. The molecule has 0 N–H and O–H groups in total. The minimum Gasteiger partial charge on any atom is -0.478 e. The van der Waals surface area contributed by atoms with Gasteiger partial charge in [0.15, 0.2) is 5.76 Å². The second-order valence-corrected chi connectivity index (χ2v) is 7.09. The molecular weight excluding hydrogens is 358 g/mol. The average molecular weight is 379 g/mol. The summed E-state index contributed by atoms with van der Waals surface area (Å²) in [6, 6.07) is 10.7. The van der Waals surface area contributed by atoms with Crippen LogP contribution in [-0.4, -0.2) is 36.5 Å². The lowest BCUT2D eigenvalue weighted by atomic mass is 10.0. The maximum absolute atomic E-state index is 12.8. The Kier molecular flexibility index (Phi) is 4.65. The molecule has 0 fully saturated rings. The molecule has 0 saturated carbocycles. The van der Waals surface area contributed by atoms with Crippen LogP contribution in [0.25, 0.3) is 6.08 Å². The normalized spacial score (nSPS) is 17.1. The summed E-state index contributed by atoms with van der Waals surface area (Å²) in [5.41, 5.74) is 2.66. The van der Waals surface area contributed by atoms with Gasteiger partial charge in [-0.25, -0.2) is 4.79 Å². The smallest absolute Gasteiger partial charge is 0.337 e. The zero-order chi connectivity index (χ0) is 19.8. The number of ether oxygens (including phenoxy) is 3. The summed E-state index contributed by atoms with van der Waals surface area (Å²) in [5.74, 6) is 1.03. The molecule has 2 heterocycles. The molecule has 4 rings (SSSR count). The number of hydrogen-bond acceptors (Lipinski definition) is 6. The van der Waals surface area contributed by atoms with Crippen LogP contribution < -0.4 is 9.47 Å². The van der Waals surface area contributed by atoms with Gasteiger partial charge in [0.05, 0.1) is 23.8 Å². The van der Waals surface area contributed by atoms with Crippen LogP contribution in [0.4, 0.5) is 0 Å². The van der Waals surface area contributed by atoms with Gasteiger partial charge in [-0.3, -0.25) is 9.69 Å². The lowest BCUT2D eigenvalue weighted by Gasteiger charge is -2.32. The highest BCUT2D eigenvalue weighted by atomic mass is 16.5. The highest BCUT2D eigenvalue weighted by Crippen LogP contribution is 2.42. The summed E-state index contributed by atoms with van der Waals surface area (Å²) in [7, 11) is 1.34. The number of methoxy groups -OCH3 is 1. The first kappa shape index (κ1) is 18.3. The molecule has 0 atom stereocenters. The van der Waals surface area contributed by atoms with E-state index in [0.29, 0.717) is 36.2 Å². The Morgan fingerprint density at radius 1 is 1.18 bits per heavy atom. The van der Waals surface area contributed by atoms with E-state index >= 15 is 0 Å². The van der Waals surface area contributed by atoms with Crippen LogP contribution in [-0.2, 0) is 11.3 Å². The number of carbonyl (C=O) groups is 2. The minimum atomic E-state index is -0.402. The first-order chi connectivity index (χ1) is 13.5. The molecule has 0 unspecified atom stereocenters. The van der Waals surface area contributed by atoms with Gasteiger partial charge in [0.1, 0.15) is 18.2 Å². The van der Waals surface area contributed by atoms with Crippen LogP contribution in [0.15, 0.2) is 42.2 Å². The number of rotatable bonds is 3. The molecule has 2 aromatic carbocycles. The molecule has 0 saturated heterocycles. The third-order valence-electron chi connectivity index (χ3n) is 5.00. The van der Waals surface area contributed by atoms with E-state index in [9.17, 15) is 9.59 Å². The van der Waals surface area contributed by atoms with Gasteiger partial charge in [-0.1, -0.05) is 12.1 Å². The Hall–Kier alpha value is -3.12. The molecule has 0 aliphatic carbocycles. The maximum atomic E-state index is 12.8. The van der Waals surface area contributed by atoms with Crippen molar-refractivity contribution in [3.05, 3.63) is 64.4 Å². The van der Waals surface area contributed by atoms with Crippen molar-refractivity contribution in [2.75, 3.05) is 13.8 Å². The Balaban J connectivity index is 1.63. The molecule has 6 nitrogen and oxygen atoms in total. The number of Topliss-reactive ketones (excluding diaryl/α,β-unsaturated/α-hetero) is 1. The predicted octanol–water partition coefficient (Wildman–Crippen LogP) is 3.65. The lowest BCUT2D eigenvalue weighted by molar-refractivity contribution is 0.0600. The molecule has 2 aromatic rings. The molecule has 0 bridgehead atoms. The quantitative estimate of drug-likeness (QED) is 0.599. The SMILES string of the molecule is COC(=O)c1ccc(/C=C2\Oc3c(ccc4c3CN(C(C)C)CO4)C2=O)cc1. The Labute approximate surface area is 163 Å². The van der Waals surface area contributed by atoms with Crippen LogP contribution in [0.2, 0.25) is 0 Å². The number of allylic oxidation sites excluding steroid dienone is 1. The number of hydrogen-bond donors (Lipinski definition) is 0. The van der Waals surface area contributed by atoms with Gasteiger partial charge in [-0.2, -0.15) is 0 Å². The van der Waals surface area contributed by atoms with Crippen molar-refractivity contribution >= 4 is 17.8 Å². The van der Waals surface area contributed by atoms with Crippen molar-refractivity contribution < 1.29 is 23.8 Å².